The van der Waals surface area contributed by atoms with Gasteiger partial charge in [0.15, 0.2) is 0 Å². The zero-order valence-electron chi connectivity index (χ0n) is 10.8. The summed E-state index contributed by atoms with van der Waals surface area (Å²) >= 11 is 0. The van der Waals surface area contributed by atoms with Crippen molar-refractivity contribution in [2.45, 2.75) is 20.4 Å². The third-order valence-corrected chi connectivity index (χ3v) is 2.74. The van der Waals surface area contributed by atoms with E-state index in [9.17, 15) is 4.79 Å². The maximum absolute atomic E-state index is 12.2. The van der Waals surface area contributed by atoms with Crippen molar-refractivity contribution < 1.29 is 4.79 Å². The average molecular weight is 244 g/mol. The van der Waals surface area contributed by atoms with E-state index in [0.29, 0.717) is 12.1 Å². The molecule has 0 bridgehead atoms. The van der Waals surface area contributed by atoms with Gasteiger partial charge < -0.3 is 9.88 Å². The minimum absolute atomic E-state index is 0.0450. The second-order valence-electron chi connectivity index (χ2n) is 4.28. The maximum Gasteiger partial charge on any atom is 0.255 e. The van der Waals surface area contributed by atoms with E-state index in [2.05, 4.69) is 15.0 Å². The van der Waals surface area contributed by atoms with E-state index in [0.717, 1.165) is 17.2 Å². The van der Waals surface area contributed by atoms with E-state index >= 15 is 0 Å². The highest BCUT2D eigenvalue weighted by molar-refractivity contribution is 5.94. The minimum atomic E-state index is -0.0450. The molecule has 0 fully saturated rings. The number of nitrogens with one attached hydrogen (secondary N) is 1. The number of carbonyl (C=O) groups is 1. The number of carbonyl (C=O) groups excluding carboxylic acids is 1. The fourth-order valence-corrected chi connectivity index (χ4v) is 1.80. The standard InChI is InChI=1S/C13H16N4O/c1-9-4-5-11(10(2)16-9)13(18)17(3)8-12-14-6-7-15-12/h4-7H,8H2,1-3H3,(H,14,15). The van der Waals surface area contributed by atoms with Gasteiger partial charge >= 0.3 is 0 Å². The van der Waals surface area contributed by atoms with E-state index in [1.165, 1.54) is 0 Å². The summed E-state index contributed by atoms with van der Waals surface area (Å²) in [6, 6.07) is 3.67. The van der Waals surface area contributed by atoms with Crippen molar-refractivity contribution >= 4 is 5.91 Å². The molecule has 0 aromatic carbocycles. The molecule has 5 heteroatoms. The quantitative estimate of drug-likeness (QED) is 0.893. The van der Waals surface area contributed by atoms with Gasteiger partial charge in [0.1, 0.15) is 5.82 Å². The summed E-state index contributed by atoms with van der Waals surface area (Å²) in [5.41, 5.74) is 2.30. The van der Waals surface area contributed by atoms with E-state index in [1.54, 1.807) is 24.3 Å². The molecule has 18 heavy (non-hydrogen) atoms. The fourth-order valence-electron chi connectivity index (χ4n) is 1.80. The zero-order chi connectivity index (χ0) is 13.1. The Hall–Kier alpha value is -2.17. The van der Waals surface area contributed by atoms with Gasteiger partial charge in [-0.15, -0.1) is 0 Å². The number of nitrogens with zero attached hydrogens (tertiary/aromatic N) is 3. The highest BCUT2D eigenvalue weighted by Gasteiger charge is 2.15. The summed E-state index contributed by atoms with van der Waals surface area (Å²) in [6.45, 7) is 4.22. The van der Waals surface area contributed by atoms with Gasteiger partial charge in [-0.2, -0.15) is 0 Å². The Morgan fingerprint density at radius 1 is 1.39 bits per heavy atom. The van der Waals surface area contributed by atoms with Gasteiger partial charge in [0.25, 0.3) is 5.91 Å². The first-order valence-corrected chi connectivity index (χ1v) is 5.76. The lowest BCUT2D eigenvalue weighted by Crippen LogP contribution is -2.27. The first kappa shape index (κ1) is 12.3. The van der Waals surface area contributed by atoms with Crippen LogP contribution in [0.15, 0.2) is 24.5 Å². The number of aromatic amines is 1. The van der Waals surface area contributed by atoms with Crippen LogP contribution in [0.1, 0.15) is 27.6 Å². The third-order valence-electron chi connectivity index (χ3n) is 2.74. The molecule has 0 atom stereocenters. The molecule has 1 N–H and O–H groups in total. The van der Waals surface area contributed by atoms with Gasteiger partial charge in [0, 0.05) is 25.1 Å². The summed E-state index contributed by atoms with van der Waals surface area (Å²) < 4.78 is 0. The number of hydrogen-bond acceptors (Lipinski definition) is 3. The summed E-state index contributed by atoms with van der Waals surface area (Å²) in [5, 5.41) is 0. The number of hydrogen-bond donors (Lipinski definition) is 1. The van der Waals surface area contributed by atoms with Crippen LogP contribution in [0.3, 0.4) is 0 Å². The minimum Gasteiger partial charge on any atom is -0.347 e. The number of H-pyrrole nitrogens is 1. The number of aromatic nitrogens is 3. The maximum atomic E-state index is 12.2. The molecule has 0 spiro atoms. The lowest BCUT2D eigenvalue weighted by atomic mass is 10.1. The predicted octanol–water partition coefficient (Wildman–Crippen LogP) is 1.69. The number of imidazole rings is 1. The van der Waals surface area contributed by atoms with Crippen molar-refractivity contribution in [1.29, 1.82) is 0 Å². The molecule has 0 saturated heterocycles. The molecule has 0 aliphatic heterocycles. The molecule has 94 valence electrons. The van der Waals surface area contributed by atoms with Crippen molar-refractivity contribution in [1.82, 2.24) is 19.9 Å². The molecule has 0 radical (unpaired) electrons. The average Bonchev–Trinajstić information content (AvgIpc) is 2.81. The molecular formula is C13H16N4O. The summed E-state index contributed by atoms with van der Waals surface area (Å²) in [5.74, 6) is 0.722. The van der Waals surface area contributed by atoms with E-state index in [1.807, 2.05) is 26.0 Å². The van der Waals surface area contributed by atoms with Crippen LogP contribution < -0.4 is 0 Å². The van der Waals surface area contributed by atoms with Crippen molar-refractivity contribution in [3.05, 3.63) is 47.3 Å². The summed E-state index contributed by atoms with van der Waals surface area (Å²) in [4.78, 5) is 25.3. The Bertz CT molecular complexity index is 548. The molecule has 1 amide bonds. The van der Waals surface area contributed by atoms with Crippen LogP contribution in [0, 0.1) is 13.8 Å². The Kier molecular flexibility index (Phi) is 3.41. The monoisotopic (exact) mass is 244 g/mol. The fraction of sp³-hybridized carbons (Fsp3) is 0.308. The Labute approximate surface area is 106 Å². The van der Waals surface area contributed by atoms with Gasteiger partial charge in [0.05, 0.1) is 17.8 Å². The van der Waals surface area contributed by atoms with Crippen LogP contribution in [0.25, 0.3) is 0 Å². The number of pyridine rings is 1. The van der Waals surface area contributed by atoms with Crippen molar-refractivity contribution in [2.75, 3.05) is 7.05 Å². The smallest absolute Gasteiger partial charge is 0.255 e. The number of rotatable bonds is 3. The predicted molar refractivity (Wildman–Crippen MR) is 68.1 cm³/mol. The van der Waals surface area contributed by atoms with E-state index < -0.39 is 0 Å². The topological polar surface area (TPSA) is 61.9 Å². The van der Waals surface area contributed by atoms with Crippen LogP contribution in [0.4, 0.5) is 0 Å². The second kappa shape index (κ2) is 5.00. The van der Waals surface area contributed by atoms with Crippen molar-refractivity contribution in [3.8, 4) is 0 Å². The number of aryl methyl sites for hydroxylation is 2. The molecule has 2 aromatic heterocycles. The van der Waals surface area contributed by atoms with Crippen LogP contribution in [-0.4, -0.2) is 32.8 Å². The molecule has 2 aromatic rings. The molecular weight excluding hydrogens is 228 g/mol. The lowest BCUT2D eigenvalue weighted by Gasteiger charge is -2.16. The van der Waals surface area contributed by atoms with Crippen LogP contribution in [-0.2, 0) is 6.54 Å². The van der Waals surface area contributed by atoms with E-state index in [4.69, 9.17) is 0 Å². The van der Waals surface area contributed by atoms with Gasteiger partial charge in [-0.05, 0) is 26.0 Å². The van der Waals surface area contributed by atoms with Gasteiger partial charge in [-0.3, -0.25) is 9.78 Å². The Morgan fingerprint density at radius 3 is 2.78 bits per heavy atom. The van der Waals surface area contributed by atoms with E-state index in [-0.39, 0.29) is 5.91 Å². The molecule has 0 aliphatic rings. The van der Waals surface area contributed by atoms with Crippen molar-refractivity contribution in [3.63, 3.8) is 0 Å². The van der Waals surface area contributed by atoms with Gasteiger partial charge in [0.2, 0.25) is 0 Å². The largest absolute Gasteiger partial charge is 0.347 e. The summed E-state index contributed by atoms with van der Waals surface area (Å²) in [7, 11) is 1.75. The molecule has 0 aliphatic carbocycles. The highest BCUT2D eigenvalue weighted by atomic mass is 16.2. The first-order chi connectivity index (χ1) is 8.58. The first-order valence-electron chi connectivity index (χ1n) is 5.76. The molecule has 2 heterocycles. The molecule has 2 rings (SSSR count). The van der Waals surface area contributed by atoms with Crippen LogP contribution in [0.2, 0.25) is 0 Å². The second-order valence-corrected chi connectivity index (χ2v) is 4.28. The highest BCUT2D eigenvalue weighted by Crippen LogP contribution is 2.10. The molecule has 0 saturated carbocycles. The van der Waals surface area contributed by atoms with Crippen molar-refractivity contribution in [2.24, 2.45) is 0 Å². The van der Waals surface area contributed by atoms with Gasteiger partial charge in [-0.25, -0.2) is 4.98 Å². The van der Waals surface area contributed by atoms with Crippen LogP contribution in [0.5, 0.6) is 0 Å². The normalized spacial score (nSPS) is 10.4. The lowest BCUT2D eigenvalue weighted by molar-refractivity contribution is 0.0780. The Morgan fingerprint density at radius 2 is 2.17 bits per heavy atom. The summed E-state index contributed by atoms with van der Waals surface area (Å²) in [6.07, 6.45) is 3.42. The molecule has 0 unspecified atom stereocenters. The zero-order valence-corrected chi connectivity index (χ0v) is 10.8. The van der Waals surface area contributed by atoms with Gasteiger partial charge in [-0.1, -0.05) is 0 Å². The molecule has 5 nitrogen and oxygen atoms in total. The number of amides is 1. The Balaban J connectivity index is 2.15. The van der Waals surface area contributed by atoms with Crippen LogP contribution >= 0.6 is 0 Å². The third kappa shape index (κ3) is 2.56. The SMILES string of the molecule is Cc1ccc(C(=O)N(C)Cc2ncc[nH]2)c(C)n1.